The molecule has 0 aromatic carbocycles. The van der Waals surface area contributed by atoms with Gasteiger partial charge in [-0.2, -0.15) is 5.21 Å². The minimum Gasteiger partial charge on any atom is -0.411 e. The van der Waals surface area contributed by atoms with Gasteiger partial charge < -0.3 is 15.4 Å². The Morgan fingerprint density at radius 1 is 1.21 bits per heavy atom. The average Bonchev–Trinajstić information content (AvgIpc) is 2.91. The summed E-state index contributed by atoms with van der Waals surface area (Å²) in [5, 5.41) is 33.3. The van der Waals surface area contributed by atoms with Crippen LogP contribution in [0, 0.1) is 6.92 Å². The summed E-state index contributed by atoms with van der Waals surface area (Å²) in [4.78, 5) is 3.61. The van der Waals surface area contributed by atoms with Crippen LogP contribution in [0.1, 0.15) is 33.5 Å². The Balaban J connectivity index is -0.000000184. The van der Waals surface area contributed by atoms with Crippen LogP contribution in [0.25, 0.3) is 0 Å². The maximum absolute atomic E-state index is 7.73. The molecule has 0 aliphatic heterocycles. The Morgan fingerprint density at radius 2 is 1.63 bits per heavy atom. The van der Waals surface area contributed by atoms with Crippen molar-refractivity contribution in [3.05, 3.63) is 5.82 Å². The smallest absolute Gasteiger partial charge is 0.171 e. The van der Waals surface area contributed by atoms with Gasteiger partial charge in [-0.1, -0.05) is 10.4 Å². The van der Waals surface area contributed by atoms with Crippen LogP contribution in [-0.4, -0.2) is 56.2 Å². The molecule has 0 unspecified atom stereocenters. The maximum atomic E-state index is 7.73. The number of rotatable bonds is 0. The number of aromatic amines is 1. The summed E-state index contributed by atoms with van der Waals surface area (Å²) >= 11 is 0. The van der Waals surface area contributed by atoms with Gasteiger partial charge in [0.15, 0.2) is 5.82 Å². The molecule has 0 bridgehead atoms. The van der Waals surface area contributed by atoms with E-state index in [1.165, 1.54) is 6.21 Å². The third kappa shape index (κ3) is 38.9. The minimum atomic E-state index is 0.676. The fourth-order valence-corrected chi connectivity index (χ4v) is 0.212. The van der Waals surface area contributed by atoms with E-state index in [4.69, 9.17) is 10.4 Å². The molecule has 0 radical (unpaired) electrons. The van der Waals surface area contributed by atoms with E-state index in [0.29, 0.717) is 11.5 Å². The minimum absolute atomic E-state index is 0.676. The van der Waals surface area contributed by atoms with Gasteiger partial charge in [0.25, 0.3) is 0 Å². The molecule has 0 atom stereocenters. The number of H-pyrrole nitrogens is 1. The molecule has 0 saturated heterocycles. The molecule has 0 amide bonds. The maximum Gasteiger partial charge on any atom is 0.171 e. The van der Waals surface area contributed by atoms with Crippen LogP contribution in [0.4, 0.5) is 0 Å². The van der Waals surface area contributed by atoms with Crippen molar-refractivity contribution in [2.24, 2.45) is 15.3 Å². The summed E-state index contributed by atoms with van der Waals surface area (Å²) in [5.41, 5.74) is 0.685. The second kappa shape index (κ2) is 21.0. The summed E-state index contributed by atoms with van der Waals surface area (Å²) in [6.45, 7) is 8.74. The van der Waals surface area contributed by atoms with Crippen molar-refractivity contribution >= 4 is 18.1 Å². The summed E-state index contributed by atoms with van der Waals surface area (Å²) in [5.74, 6) is 0.676. The van der Waals surface area contributed by atoms with E-state index in [9.17, 15) is 0 Å². The van der Waals surface area contributed by atoms with Gasteiger partial charge in [-0.05, 0) is 40.8 Å². The fourth-order valence-electron chi connectivity index (χ4n) is 0.212. The zero-order chi connectivity index (χ0) is 15.5. The molecule has 19 heavy (non-hydrogen) atoms. The zero-order valence-electron chi connectivity index (χ0n) is 12.2. The van der Waals surface area contributed by atoms with E-state index >= 15 is 0 Å². The normalized spacial score (nSPS) is 8.53. The van der Waals surface area contributed by atoms with E-state index in [1.54, 1.807) is 41.0 Å². The molecule has 1 heterocycles. The molecule has 1 aromatic rings. The first-order valence-corrected chi connectivity index (χ1v) is 5.34. The van der Waals surface area contributed by atoms with Gasteiger partial charge in [-0.15, -0.1) is 15.4 Å². The first kappa shape index (κ1) is 21.9. The van der Waals surface area contributed by atoms with Gasteiger partial charge >= 0.3 is 0 Å². The van der Waals surface area contributed by atoms with E-state index < -0.39 is 0 Å². The number of nitrogens with one attached hydrogen (secondary N) is 1. The molecule has 0 aliphatic rings. The van der Waals surface area contributed by atoms with Crippen LogP contribution < -0.4 is 0 Å². The molecule has 0 fully saturated rings. The van der Waals surface area contributed by atoms with Crippen molar-refractivity contribution in [3.8, 4) is 0 Å². The monoisotopic (exact) mass is 273 g/mol. The van der Waals surface area contributed by atoms with Gasteiger partial charge in [-0.25, -0.2) is 0 Å². The van der Waals surface area contributed by atoms with Gasteiger partial charge in [0, 0.05) is 13.3 Å². The van der Waals surface area contributed by atoms with Crippen LogP contribution in [-0.2, 0) is 0 Å². The lowest BCUT2D eigenvalue weighted by Crippen LogP contribution is -1.74. The quantitative estimate of drug-likeness (QED) is 0.374. The number of oxime groups is 2. The number of nitrogens with zero attached hydrogens (tertiary/aromatic N) is 6. The van der Waals surface area contributed by atoms with Gasteiger partial charge in [0.2, 0.25) is 0 Å². The highest BCUT2D eigenvalue weighted by Gasteiger charge is 1.78. The topological polar surface area (TPSA) is 132 Å². The Hall–Kier alpha value is -2.32. The number of aryl methyl sites for hydroxylation is 1. The first-order chi connectivity index (χ1) is 8.99. The Labute approximate surface area is 113 Å². The highest BCUT2D eigenvalue weighted by atomic mass is 16.4. The molecular weight excluding hydrogens is 250 g/mol. The number of aliphatic imine (C=N–C) groups is 1. The summed E-state index contributed by atoms with van der Waals surface area (Å²) in [7, 11) is 1.75. The van der Waals surface area contributed by atoms with E-state index in [2.05, 4.69) is 35.9 Å². The van der Waals surface area contributed by atoms with E-state index in [0.717, 1.165) is 0 Å². The third-order valence-electron chi connectivity index (χ3n) is 1.02. The van der Waals surface area contributed by atoms with Crippen molar-refractivity contribution in [1.29, 1.82) is 0 Å². The zero-order valence-corrected chi connectivity index (χ0v) is 12.2. The highest BCUT2D eigenvalue weighted by molar-refractivity contribution is 5.78. The van der Waals surface area contributed by atoms with Crippen LogP contribution in [0.5, 0.6) is 0 Å². The van der Waals surface area contributed by atoms with Crippen molar-refractivity contribution in [2.75, 3.05) is 7.05 Å². The Morgan fingerprint density at radius 3 is 1.68 bits per heavy atom. The second-order valence-electron chi connectivity index (χ2n) is 2.90. The van der Waals surface area contributed by atoms with Gasteiger partial charge in [-0.3, -0.25) is 0 Å². The number of tetrazole rings is 1. The molecule has 1 rings (SSSR count). The van der Waals surface area contributed by atoms with Crippen LogP contribution in [0.15, 0.2) is 15.3 Å². The molecule has 3 N–H and O–H groups in total. The molecule has 0 saturated carbocycles. The molecule has 0 spiro atoms. The van der Waals surface area contributed by atoms with Crippen LogP contribution in [0.3, 0.4) is 0 Å². The molecular formula is C10H23N7O2. The predicted molar refractivity (Wildman–Crippen MR) is 75.5 cm³/mol. The summed E-state index contributed by atoms with van der Waals surface area (Å²) < 4.78 is 0. The highest BCUT2D eigenvalue weighted by Crippen LogP contribution is 1.69. The largest absolute Gasteiger partial charge is 0.411 e. The number of hydrogen-bond acceptors (Lipinski definition) is 8. The Kier molecular flexibility index (Phi) is 24.2. The van der Waals surface area contributed by atoms with Crippen molar-refractivity contribution in [1.82, 2.24) is 20.6 Å². The predicted octanol–water partition coefficient (Wildman–Crippen LogP) is 1.54. The Bertz CT molecular complexity index is 312. The van der Waals surface area contributed by atoms with Crippen LogP contribution in [0.2, 0.25) is 0 Å². The molecule has 0 aliphatic carbocycles. The van der Waals surface area contributed by atoms with Gasteiger partial charge in [0.05, 0.1) is 5.71 Å². The lowest BCUT2D eigenvalue weighted by molar-refractivity contribution is 0.318. The fraction of sp³-hybridized carbons (Fsp3) is 0.600. The molecule has 9 nitrogen and oxygen atoms in total. The lowest BCUT2D eigenvalue weighted by Gasteiger charge is -1.72. The van der Waals surface area contributed by atoms with Crippen molar-refractivity contribution in [2.45, 2.75) is 34.6 Å². The summed E-state index contributed by atoms with van der Waals surface area (Å²) in [6.07, 6.45) is 3.06. The van der Waals surface area contributed by atoms with E-state index in [1.807, 2.05) is 6.92 Å². The second-order valence-corrected chi connectivity index (χ2v) is 2.90. The lowest BCUT2D eigenvalue weighted by atomic mass is 10.5. The van der Waals surface area contributed by atoms with Crippen molar-refractivity contribution in [3.63, 3.8) is 0 Å². The third-order valence-corrected chi connectivity index (χ3v) is 1.02. The van der Waals surface area contributed by atoms with Crippen molar-refractivity contribution < 1.29 is 10.4 Å². The van der Waals surface area contributed by atoms with E-state index in [-0.39, 0.29) is 0 Å². The molecule has 1 aromatic heterocycles. The number of hydrogen-bond donors (Lipinski definition) is 3. The number of aromatic nitrogens is 4. The average molecular weight is 273 g/mol. The van der Waals surface area contributed by atoms with Crippen LogP contribution >= 0.6 is 0 Å². The SMILES string of the molecule is C/C=N/O.CC(C)=NO.CC=NC.Cc1nn[nH]n1. The standard InChI is InChI=1S/C3H7NO.C3H7N.C2H4N4.C2H5NO/c1-3(2)4-5;1-3-4-2;1-2-3-5-6-4-2;1-2-3-4/h5H,1-2H3;3H,1-2H3;1H3,(H,3,4,5,6);2,4H,1H3/b;;;3-2+. The first-order valence-electron chi connectivity index (χ1n) is 5.34. The summed E-state index contributed by atoms with van der Waals surface area (Å²) in [6, 6.07) is 0. The van der Waals surface area contributed by atoms with Gasteiger partial charge in [0.1, 0.15) is 0 Å². The molecule has 9 heteroatoms. The molecule has 110 valence electrons.